The molecule has 0 atom stereocenters. The molecule has 6 rings (SSSR count). The Bertz CT molecular complexity index is 2180. The molecule has 278 valence electrons. The van der Waals surface area contributed by atoms with Gasteiger partial charge in [0.05, 0.1) is 29.9 Å². The van der Waals surface area contributed by atoms with Crippen LogP contribution in [0.15, 0.2) is 98.3 Å². The molecule has 0 aliphatic rings. The topological polar surface area (TPSA) is 217 Å². The van der Waals surface area contributed by atoms with Crippen LogP contribution in [0.25, 0.3) is 35.0 Å². The third kappa shape index (κ3) is 12.9. The van der Waals surface area contributed by atoms with E-state index in [9.17, 15) is 22.8 Å². The Morgan fingerprint density at radius 2 is 1.50 bits per heavy atom. The van der Waals surface area contributed by atoms with E-state index in [-0.39, 0.29) is 17.3 Å². The molecule has 54 heavy (non-hydrogen) atoms. The molecule has 16 nitrogen and oxygen atoms in total. The maximum absolute atomic E-state index is 12.8. The molecule has 0 spiro atoms. The number of carbonyl (C=O) groups excluding carboxylic acids is 1. The molecule has 0 fully saturated rings. The minimum atomic E-state index is -4.45. The number of amides is 1. The summed E-state index contributed by atoms with van der Waals surface area (Å²) >= 11 is 0. The van der Waals surface area contributed by atoms with E-state index in [1.165, 1.54) is 41.9 Å². The van der Waals surface area contributed by atoms with Crippen LogP contribution >= 0.6 is 0 Å². The molecular weight excluding hydrogens is 707 g/mol. The Labute approximate surface area is 306 Å². The number of nitrogens with one attached hydrogen (secondary N) is 2. The van der Waals surface area contributed by atoms with Gasteiger partial charge in [-0.3, -0.25) is 30.6 Å². The zero-order valence-corrected chi connectivity index (χ0v) is 29.0. The van der Waals surface area contributed by atoms with E-state index in [0.717, 1.165) is 57.2 Å². The van der Waals surface area contributed by atoms with Gasteiger partial charge in [0.15, 0.2) is 11.6 Å². The highest BCUT2D eigenvalue weighted by Crippen LogP contribution is 2.32. The number of carboxylic acids is 1. The number of hydrogen-bond donors (Lipinski definition) is 4. The SMILES string of the molecule is Cc1cc(-c2ncn(/C=C\C(=O)O)n2)cc(C(F)(F)F)c1.Cc1cc(C)cc(-c2cnn(/C=C\C(=O)NNc3cnccn3)n2)c1.NCc1cnccn1. The van der Waals surface area contributed by atoms with Gasteiger partial charge in [-0.05, 0) is 56.7 Å². The predicted octanol–water partition coefficient (Wildman–Crippen LogP) is 4.73. The van der Waals surface area contributed by atoms with Crippen LogP contribution in [0.4, 0.5) is 19.0 Å². The van der Waals surface area contributed by atoms with Crippen molar-refractivity contribution in [3.8, 4) is 22.6 Å². The van der Waals surface area contributed by atoms with Gasteiger partial charge >= 0.3 is 12.1 Å². The smallest absolute Gasteiger partial charge is 0.416 e. The van der Waals surface area contributed by atoms with E-state index in [2.05, 4.69) is 57.1 Å². The normalized spacial score (nSPS) is 11.0. The number of halogens is 3. The second-order valence-corrected chi connectivity index (χ2v) is 11.1. The highest BCUT2D eigenvalue weighted by molar-refractivity contribution is 5.90. The lowest BCUT2D eigenvalue weighted by molar-refractivity contribution is -0.137. The Hall–Kier alpha value is -7.15. The zero-order chi connectivity index (χ0) is 39.1. The number of aliphatic carboxylic acids is 1. The van der Waals surface area contributed by atoms with Crippen molar-refractivity contribution in [1.29, 1.82) is 0 Å². The van der Waals surface area contributed by atoms with Gasteiger partial charge in [0.25, 0.3) is 5.91 Å². The number of aryl methyl sites for hydroxylation is 3. The largest absolute Gasteiger partial charge is 0.478 e. The number of anilines is 1. The summed E-state index contributed by atoms with van der Waals surface area (Å²) in [7, 11) is 0. The fourth-order valence-electron chi connectivity index (χ4n) is 4.40. The summed E-state index contributed by atoms with van der Waals surface area (Å²) in [6, 6.07) is 9.70. The molecule has 0 saturated carbocycles. The Morgan fingerprint density at radius 1 is 0.815 bits per heavy atom. The lowest BCUT2D eigenvalue weighted by Crippen LogP contribution is -2.28. The van der Waals surface area contributed by atoms with Crippen molar-refractivity contribution in [3.63, 3.8) is 0 Å². The minimum Gasteiger partial charge on any atom is -0.478 e. The van der Waals surface area contributed by atoms with Crippen molar-refractivity contribution in [2.75, 3.05) is 5.43 Å². The van der Waals surface area contributed by atoms with E-state index in [0.29, 0.717) is 17.9 Å². The van der Waals surface area contributed by atoms with Crippen LogP contribution in [0.1, 0.15) is 27.9 Å². The maximum Gasteiger partial charge on any atom is 0.416 e. The van der Waals surface area contributed by atoms with Crippen LogP contribution in [0, 0.1) is 20.8 Å². The third-order valence-corrected chi connectivity index (χ3v) is 6.63. The summed E-state index contributed by atoms with van der Waals surface area (Å²) in [5.41, 5.74) is 15.1. The van der Waals surface area contributed by atoms with E-state index in [1.54, 1.807) is 37.9 Å². The Balaban J connectivity index is 0.000000202. The second kappa shape index (κ2) is 18.9. The van der Waals surface area contributed by atoms with Crippen LogP contribution in [-0.2, 0) is 22.3 Å². The molecule has 0 radical (unpaired) electrons. The first-order valence-electron chi connectivity index (χ1n) is 15.8. The first-order chi connectivity index (χ1) is 25.8. The molecule has 19 heteroatoms. The minimum absolute atomic E-state index is 0.0826. The molecule has 0 bridgehead atoms. The van der Waals surface area contributed by atoms with Gasteiger partial charge in [-0.15, -0.1) is 10.2 Å². The molecule has 2 aromatic carbocycles. The van der Waals surface area contributed by atoms with Crippen molar-refractivity contribution >= 4 is 30.1 Å². The van der Waals surface area contributed by atoms with E-state index >= 15 is 0 Å². The molecule has 0 unspecified atom stereocenters. The number of rotatable bonds is 9. The lowest BCUT2D eigenvalue weighted by Gasteiger charge is -2.09. The predicted molar refractivity (Wildman–Crippen MR) is 192 cm³/mol. The van der Waals surface area contributed by atoms with Crippen LogP contribution in [0.3, 0.4) is 0 Å². The molecule has 6 aromatic rings. The summed E-state index contributed by atoms with van der Waals surface area (Å²) in [6.07, 6.45) is 12.7. The molecule has 5 N–H and O–H groups in total. The fraction of sp³-hybridized carbons (Fsp3) is 0.143. The zero-order valence-electron chi connectivity index (χ0n) is 29.0. The van der Waals surface area contributed by atoms with E-state index < -0.39 is 17.7 Å². The first-order valence-corrected chi connectivity index (χ1v) is 15.8. The van der Waals surface area contributed by atoms with Crippen molar-refractivity contribution in [1.82, 2.24) is 55.1 Å². The number of hydrogen-bond acceptors (Lipinski definition) is 12. The third-order valence-electron chi connectivity index (χ3n) is 6.63. The summed E-state index contributed by atoms with van der Waals surface area (Å²) in [4.78, 5) is 42.9. The average molecular weight is 742 g/mol. The summed E-state index contributed by atoms with van der Waals surface area (Å²) in [5, 5.41) is 20.9. The number of carbonyl (C=O) groups is 2. The maximum atomic E-state index is 12.8. The second-order valence-electron chi connectivity index (χ2n) is 11.1. The van der Waals surface area contributed by atoms with Crippen molar-refractivity contribution < 1.29 is 27.9 Å². The van der Waals surface area contributed by atoms with E-state index in [1.807, 2.05) is 26.0 Å². The van der Waals surface area contributed by atoms with Crippen LogP contribution in [0.2, 0.25) is 0 Å². The molecule has 0 aliphatic carbocycles. The van der Waals surface area contributed by atoms with Crippen molar-refractivity contribution in [2.45, 2.75) is 33.5 Å². The average Bonchev–Trinajstić information content (AvgIpc) is 3.83. The number of nitrogens with zero attached hydrogens (tertiary/aromatic N) is 10. The van der Waals surface area contributed by atoms with Gasteiger partial charge in [0.1, 0.15) is 12.0 Å². The monoisotopic (exact) mass is 741 g/mol. The molecule has 4 heterocycles. The Kier molecular flexibility index (Phi) is 13.9. The highest BCUT2D eigenvalue weighted by Gasteiger charge is 2.31. The van der Waals surface area contributed by atoms with Crippen molar-refractivity contribution in [2.24, 2.45) is 5.73 Å². The standard InChI is InChI=1S/C17H17N7O.C13H10F3N3O2.C5H7N3/c1-12-7-13(2)9-14(8-12)15-10-20-24(23-15)6-3-17(25)22-21-16-11-18-4-5-19-16;1-8-4-9(6-10(5-8)13(14,15)16)12-17-7-19(18-12)3-2-11(20)21;6-3-5-4-7-1-2-8-5/h3-11H,1-2H3,(H,19,21)(H,22,25);2-7H,1H3,(H,20,21);1-2,4H,3,6H2/b6-3-;3-2-;. The van der Waals surface area contributed by atoms with Gasteiger partial charge in [0.2, 0.25) is 0 Å². The van der Waals surface area contributed by atoms with Gasteiger partial charge in [-0.2, -0.15) is 23.1 Å². The number of carboxylic acid groups (broad SMARTS) is 1. The number of alkyl halides is 3. The summed E-state index contributed by atoms with van der Waals surface area (Å²) in [6.45, 7) is 6.08. The van der Waals surface area contributed by atoms with Crippen LogP contribution < -0.4 is 16.6 Å². The van der Waals surface area contributed by atoms with Gasteiger partial charge < -0.3 is 10.8 Å². The van der Waals surface area contributed by atoms with Gasteiger partial charge in [-0.25, -0.2) is 19.4 Å². The molecule has 1 amide bonds. The van der Waals surface area contributed by atoms with Crippen LogP contribution in [-0.4, -0.2) is 66.7 Å². The summed E-state index contributed by atoms with van der Waals surface area (Å²) < 4.78 is 39.4. The number of benzene rings is 2. The quantitative estimate of drug-likeness (QED) is 0.117. The first kappa shape index (κ1) is 39.6. The Morgan fingerprint density at radius 3 is 2.11 bits per heavy atom. The number of hydrazine groups is 1. The number of nitrogens with two attached hydrogens (primary N) is 1. The van der Waals surface area contributed by atoms with E-state index in [4.69, 9.17) is 10.8 Å². The molecular formula is C35H34F3N13O3. The molecule has 4 aromatic heterocycles. The van der Waals surface area contributed by atoms with Crippen molar-refractivity contribution in [3.05, 3.63) is 126 Å². The summed E-state index contributed by atoms with van der Waals surface area (Å²) in [5.74, 6) is -1.00. The molecule has 0 aliphatic heterocycles. The molecule has 0 saturated heterocycles. The van der Waals surface area contributed by atoms with Crippen LogP contribution in [0.5, 0.6) is 0 Å². The van der Waals surface area contributed by atoms with Gasteiger partial charge in [-0.1, -0.05) is 17.2 Å². The van der Waals surface area contributed by atoms with Gasteiger partial charge in [0, 0.05) is 67.0 Å². The number of aromatic nitrogens is 10. The highest BCUT2D eigenvalue weighted by atomic mass is 19.4. The lowest BCUT2D eigenvalue weighted by atomic mass is 10.1. The fourth-order valence-corrected chi connectivity index (χ4v) is 4.40.